The summed E-state index contributed by atoms with van der Waals surface area (Å²) in [6, 6.07) is 13.7. The number of thiophene rings is 1. The van der Waals surface area contributed by atoms with Crippen LogP contribution in [-0.2, 0) is 4.79 Å². The molecule has 2 aromatic heterocycles. The van der Waals surface area contributed by atoms with Crippen LogP contribution in [0.1, 0.15) is 11.3 Å². The molecule has 7 heteroatoms. The number of aryl methyl sites for hydroxylation is 1. The van der Waals surface area contributed by atoms with Crippen molar-refractivity contribution in [3.8, 4) is 16.5 Å². The Hall–Kier alpha value is -2.69. The molecule has 2 heterocycles. The van der Waals surface area contributed by atoms with Crippen molar-refractivity contribution in [1.29, 1.82) is 5.26 Å². The van der Waals surface area contributed by atoms with Gasteiger partial charge in [0.2, 0.25) is 5.91 Å². The second-order valence-corrected chi connectivity index (χ2v) is 7.34. The first-order valence-corrected chi connectivity index (χ1v) is 9.57. The fourth-order valence-corrected chi connectivity index (χ4v) is 3.98. The Kier molecular flexibility index (Phi) is 5.66. The van der Waals surface area contributed by atoms with Gasteiger partial charge in [0.15, 0.2) is 0 Å². The Morgan fingerprint density at radius 3 is 2.88 bits per heavy atom. The summed E-state index contributed by atoms with van der Waals surface area (Å²) < 4.78 is 13.2. The van der Waals surface area contributed by atoms with Crippen LogP contribution in [0.5, 0.6) is 0 Å². The van der Waals surface area contributed by atoms with Crippen molar-refractivity contribution in [3.63, 3.8) is 0 Å². The topological polar surface area (TPSA) is 65.8 Å². The Morgan fingerprint density at radius 2 is 2.19 bits per heavy atom. The lowest BCUT2D eigenvalue weighted by molar-refractivity contribution is -0.113. The van der Waals surface area contributed by atoms with Gasteiger partial charge < -0.3 is 5.32 Å². The number of pyridine rings is 1. The van der Waals surface area contributed by atoms with E-state index in [0.717, 1.165) is 16.1 Å². The zero-order valence-electron chi connectivity index (χ0n) is 13.8. The van der Waals surface area contributed by atoms with E-state index in [1.54, 1.807) is 17.4 Å². The van der Waals surface area contributed by atoms with Crippen LogP contribution in [0.25, 0.3) is 10.4 Å². The van der Waals surface area contributed by atoms with Gasteiger partial charge in [-0.2, -0.15) is 5.26 Å². The van der Waals surface area contributed by atoms with Crippen molar-refractivity contribution in [3.05, 3.63) is 64.9 Å². The number of amides is 1. The van der Waals surface area contributed by atoms with Gasteiger partial charge in [-0.25, -0.2) is 9.37 Å². The molecule has 0 unspecified atom stereocenters. The molecule has 0 saturated heterocycles. The van der Waals surface area contributed by atoms with Gasteiger partial charge in [0.05, 0.1) is 11.3 Å². The van der Waals surface area contributed by atoms with Crippen LogP contribution < -0.4 is 5.32 Å². The summed E-state index contributed by atoms with van der Waals surface area (Å²) in [6.45, 7) is 1.86. The van der Waals surface area contributed by atoms with E-state index in [1.165, 1.54) is 30.0 Å². The monoisotopic (exact) mass is 383 g/mol. The molecule has 1 aromatic carbocycles. The number of rotatable bonds is 5. The number of hydrogen-bond donors (Lipinski definition) is 1. The van der Waals surface area contributed by atoms with E-state index in [0.29, 0.717) is 16.3 Å². The summed E-state index contributed by atoms with van der Waals surface area (Å²) in [7, 11) is 0. The highest BCUT2D eigenvalue weighted by molar-refractivity contribution is 8.00. The van der Waals surface area contributed by atoms with Crippen LogP contribution in [0.2, 0.25) is 0 Å². The van der Waals surface area contributed by atoms with Crippen molar-refractivity contribution in [2.24, 2.45) is 0 Å². The highest BCUT2D eigenvalue weighted by atomic mass is 32.2. The SMILES string of the molecule is Cc1cc(-c2cccs2)c(C#N)c(SCC(=O)Nc2cccc(F)c2)n1. The highest BCUT2D eigenvalue weighted by Gasteiger charge is 2.15. The largest absolute Gasteiger partial charge is 0.325 e. The van der Waals surface area contributed by atoms with Crippen LogP contribution in [0, 0.1) is 24.1 Å². The lowest BCUT2D eigenvalue weighted by Crippen LogP contribution is -2.14. The predicted molar refractivity (Wildman–Crippen MR) is 103 cm³/mol. The third kappa shape index (κ3) is 4.28. The Bertz CT molecular complexity index is 981. The molecule has 0 aliphatic carbocycles. The zero-order chi connectivity index (χ0) is 18.5. The number of nitrogens with one attached hydrogen (secondary N) is 1. The summed E-state index contributed by atoms with van der Waals surface area (Å²) in [5.41, 5.74) is 2.46. The van der Waals surface area contributed by atoms with Gasteiger partial charge in [0.25, 0.3) is 0 Å². The van der Waals surface area contributed by atoms with E-state index in [-0.39, 0.29) is 11.7 Å². The second-order valence-electron chi connectivity index (χ2n) is 5.43. The molecule has 4 nitrogen and oxygen atoms in total. The Balaban J connectivity index is 1.77. The third-order valence-electron chi connectivity index (χ3n) is 3.46. The van der Waals surface area contributed by atoms with Crippen molar-refractivity contribution >= 4 is 34.7 Å². The molecule has 1 amide bonds. The minimum Gasteiger partial charge on any atom is -0.325 e. The molecule has 0 atom stereocenters. The van der Waals surface area contributed by atoms with Crippen molar-refractivity contribution in [2.75, 3.05) is 11.1 Å². The molecule has 3 aromatic rings. The molecule has 26 heavy (non-hydrogen) atoms. The van der Waals surface area contributed by atoms with Crippen molar-refractivity contribution in [1.82, 2.24) is 4.98 Å². The van der Waals surface area contributed by atoms with Crippen LogP contribution >= 0.6 is 23.1 Å². The number of aromatic nitrogens is 1. The number of nitriles is 1. The number of carbonyl (C=O) groups is 1. The number of carbonyl (C=O) groups excluding carboxylic acids is 1. The van der Waals surface area contributed by atoms with Crippen LogP contribution in [0.3, 0.4) is 0 Å². The van der Waals surface area contributed by atoms with Gasteiger partial charge in [-0.05, 0) is 42.6 Å². The summed E-state index contributed by atoms with van der Waals surface area (Å²) in [5.74, 6) is -0.625. The van der Waals surface area contributed by atoms with E-state index in [2.05, 4.69) is 16.4 Å². The molecule has 0 spiro atoms. The number of hydrogen-bond acceptors (Lipinski definition) is 5. The highest BCUT2D eigenvalue weighted by Crippen LogP contribution is 2.33. The lowest BCUT2D eigenvalue weighted by atomic mass is 10.1. The second kappa shape index (κ2) is 8.13. The molecular formula is C19H14FN3OS2. The molecule has 130 valence electrons. The molecule has 0 bridgehead atoms. The summed E-state index contributed by atoms with van der Waals surface area (Å²) in [4.78, 5) is 17.5. The Morgan fingerprint density at radius 1 is 1.35 bits per heavy atom. The number of benzene rings is 1. The summed E-state index contributed by atoms with van der Waals surface area (Å²) in [5, 5.41) is 14.7. The molecule has 0 aliphatic rings. The van der Waals surface area contributed by atoms with Gasteiger partial charge in [-0.3, -0.25) is 4.79 Å². The lowest BCUT2D eigenvalue weighted by Gasteiger charge is -2.09. The van der Waals surface area contributed by atoms with Gasteiger partial charge in [-0.15, -0.1) is 11.3 Å². The molecule has 0 fully saturated rings. The Labute approximate surface area is 158 Å². The van der Waals surface area contributed by atoms with Crippen molar-refractivity contribution < 1.29 is 9.18 Å². The first kappa shape index (κ1) is 18.1. The van der Waals surface area contributed by atoms with Gasteiger partial charge in [0, 0.05) is 21.8 Å². The van der Waals surface area contributed by atoms with E-state index >= 15 is 0 Å². The first-order chi connectivity index (χ1) is 12.6. The molecule has 1 N–H and O–H groups in total. The average Bonchev–Trinajstić information content (AvgIpc) is 3.14. The van der Waals surface area contributed by atoms with E-state index in [4.69, 9.17) is 0 Å². The van der Waals surface area contributed by atoms with Crippen LogP contribution in [0.15, 0.2) is 52.9 Å². The summed E-state index contributed by atoms with van der Waals surface area (Å²) >= 11 is 2.74. The number of anilines is 1. The number of halogens is 1. The van der Waals surface area contributed by atoms with Crippen molar-refractivity contribution in [2.45, 2.75) is 11.9 Å². The van der Waals surface area contributed by atoms with Crippen LogP contribution in [0.4, 0.5) is 10.1 Å². The van der Waals surface area contributed by atoms with E-state index < -0.39 is 5.82 Å². The number of nitrogens with zero attached hydrogens (tertiary/aromatic N) is 2. The molecular weight excluding hydrogens is 369 g/mol. The maximum atomic E-state index is 13.2. The van der Waals surface area contributed by atoms with Crippen LogP contribution in [-0.4, -0.2) is 16.6 Å². The zero-order valence-corrected chi connectivity index (χ0v) is 15.5. The third-order valence-corrected chi connectivity index (χ3v) is 5.34. The van der Waals surface area contributed by atoms with Gasteiger partial charge in [-0.1, -0.05) is 23.9 Å². The number of thioether (sulfide) groups is 1. The normalized spacial score (nSPS) is 10.3. The first-order valence-electron chi connectivity index (χ1n) is 7.70. The maximum Gasteiger partial charge on any atom is 0.234 e. The average molecular weight is 383 g/mol. The van der Waals surface area contributed by atoms with Gasteiger partial charge >= 0.3 is 0 Å². The van der Waals surface area contributed by atoms with E-state index in [1.807, 2.05) is 30.5 Å². The fraction of sp³-hybridized carbons (Fsp3) is 0.105. The molecule has 0 aliphatic heterocycles. The molecule has 0 radical (unpaired) electrons. The molecule has 3 rings (SSSR count). The summed E-state index contributed by atoms with van der Waals surface area (Å²) in [6.07, 6.45) is 0. The standard InChI is InChI=1S/C19H14FN3OS2/c1-12-8-15(17-6-3-7-25-17)16(10-21)19(22-12)26-11-18(24)23-14-5-2-4-13(20)9-14/h2-9H,11H2,1H3,(H,23,24). The predicted octanol–water partition coefficient (Wildman–Crippen LogP) is 4.86. The fourth-order valence-electron chi connectivity index (χ4n) is 2.38. The minimum atomic E-state index is -0.414. The minimum absolute atomic E-state index is 0.0749. The quantitative estimate of drug-likeness (QED) is 0.639. The maximum absolute atomic E-state index is 13.2. The van der Waals surface area contributed by atoms with E-state index in [9.17, 15) is 14.4 Å². The molecule has 0 saturated carbocycles. The smallest absolute Gasteiger partial charge is 0.234 e. The van der Waals surface area contributed by atoms with Gasteiger partial charge in [0.1, 0.15) is 16.9 Å².